The van der Waals surface area contributed by atoms with E-state index >= 15 is 0 Å². The number of nitrogens with one attached hydrogen (secondary N) is 2. The van der Waals surface area contributed by atoms with Crippen LogP contribution in [0.15, 0.2) is 12.3 Å². The Morgan fingerprint density at radius 3 is 3.09 bits per heavy atom. The Hall–Kier alpha value is -1.42. The highest BCUT2D eigenvalue weighted by Crippen LogP contribution is 1.97. The van der Waals surface area contributed by atoms with Gasteiger partial charge in [0.25, 0.3) is 0 Å². The van der Waals surface area contributed by atoms with Crippen LogP contribution in [0.1, 0.15) is 11.5 Å². The normalized spacial score (nSPS) is 10.6. The topological polar surface area (TPSA) is 72.8 Å². The molecule has 0 aliphatic carbocycles. The van der Waals surface area contributed by atoms with Crippen molar-refractivity contribution in [2.24, 2.45) is 0 Å². The summed E-state index contributed by atoms with van der Waals surface area (Å²) < 4.78 is 0. The summed E-state index contributed by atoms with van der Waals surface area (Å²) >= 11 is 0. The molecule has 1 heterocycles. The van der Waals surface area contributed by atoms with Crippen LogP contribution >= 0.6 is 0 Å². The van der Waals surface area contributed by atoms with E-state index in [-0.39, 0.29) is 6.61 Å². The minimum absolute atomic E-state index is 0.0363. The van der Waals surface area contributed by atoms with Crippen LogP contribution in [0, 0.1) is 5.41 Å². The van der Waals surface area contributed by atoms with E-state index < -0.39 is 0 Å². The van der Waals surface area contributed by atoms with E-state index in [2.05, 4.69) is 9.97 Å². The lowest BCUT2D eigenvalue weighted by molar-refractivity contribution is 0.277. The molecule has 0 aliphatic heterocycles. The van der Waals surface area contributed by atoms with E-state index in [0.717, 1.165) is 0 Å². The molecule has 0 saturated heterocycles. The maximum absolute atomic E-state index is 8.64. The van der Waals surface area contributed by atoms with Crippen LogP contribution < -0.4 is 0 Å². The zero-order chi connectivity index (χ0) is 8.10. The van der Waals surface area contributed by atoms with Gasteiger partial charge in [-0.1, -0.05) is 0 Å². The maximum atomic E-state index is 8.64. The maximum Gasteiger partial charge on any atom is 0.130 e. The van der Waals surface area contributed by atoms with Gasteiger partial charge in [-0.25, -0.2) is 4.98 Å². The monoisotopic (exact) mass is 151 g/mol. The van der Waals surface area contributed by atoms with E-state index in [0.29, 0.717) is 11.5 Å². The number of hydrogen-bond acceptors (Lipinski definition) is 3. The number of nitrogens with zero attached hydrogens (tertiary/aromatic N) is 1. The summed E-state index contributed by atoms with van der Waals surface area (Å²) in [5, 5.41) is 15.3. The summed E-state index contributed by atoms with van der Waals surface area (Å²) in [4.78, 5) is 6.77. The van der Waals surface area contributed by atoms with Crippen molar-refractivity contribution in [2.75, 3.05) is 0 Å². The first kappa shape index (κ1) is 7.68. The van der Waals surface area contributed by atoms with Crippen molar-refractivity contribution in [1.82, 2.24) is 9.97 Å². The Kier molecular flexibility index (Phi) is 2.57. The molecule has 1 aromatic heterocycles. The third-order valence-electron chi connectivity index (χ3n) is 1.17. The number of imidazole rings is 1. The SMILES string of the molecule is N=CC=Cc1ncc(CO)[nH]1. The van der Waals surface area contributed by atoms with Crippen molar-refractivity contribution in [3.63, 3.8) is 0 Å². The molecule has 0 radical (unpaired) electrons. The summed E-state index contributed by atoms with van der Waals surface area (Å²) in [7, 11) is 0. The summed E-state index contributed by atoms with van der Waals surface area (Å²) in [5.41, 5.74) is 0.676. The van der Waals surface area contributed by atoms with Crippen LogP contribution in [0.5, 0.6) is 0 Å². The molecule has 3 N–H and O–H groups in total. The summed E-state index contributed by atoms with van der Waals surface area (Å²) in [6.07, 6.45) is 5.94. The van der Waals surface area contributed by atoms with Crippen molar-refractivity contribution in [3.05, 3.63) is 23.8 Å². The third-order valence-corrected chi connectivity index (χ3v) is 1.17. The number of allylic oxidation sites excluding steroid dienone is 1. The van der Waals surface area contributed by atoms with Crippen molar-refractivity contribution in [3.8, 4) is 0 Å². The first-order valence-corrected chi connectivity index (χ1v) is 3.18. The zero-order valence-electron chi connectivity index (χ0n) is 5.91. The highest BCUT2D eigenvalue weighted by Gasteiger charge is 1.93. The zero-order valence-corrected chi connectivity index (χ0v) is 5.91. The number of aromatic nitrogens is 2. The van der Waals surface area contributed by atoms with Crippen molar-refractivity contribution < 1.29 is 5.11 Å². The van der Waals surface area contributed by atoms with Crippen molar-refractivity contribution >= 4 is 12.3 Å². The fourth-order valence-corrected chi connectivity index (χ4v) is 0.681. The lowest BCUT2D eigenvalue weighted by Gasteiger charge is -1.83. The van der Waals surface area contributed by atoms with Gasteiger partial charge in [0.2, 0.25) is 0 Å². The van der Waals surface area contributed by atoms with Gasteiger partial charge < -0.3 is 15.5 Å². The smallest absolute Gasteiger partial charge is 0.130 e. The fraction of sp³-hybridized carbons (Fsp3) is 0.143. The van der Waals surface area contributed by atoms with Crippen LogP contribution in [0.4, 0.5) is 0 Å². The summed E-state index contributed by atoms with van der Waals surface area (Å²) in [6, 6.07) is 0. The molecule has 1 aromatic rings. The van der Waals surface area contributed by atoms with E-state index in [9.17, 15) is 0 Å². The van der Waals surface area contributed by atoms with Gasteiger partial charge in [0, 0.05) is 6.21 Å². The predicted molar refractivity (Wildman–Crippen MR) is 42.3 cm³/mol. The summed E-state index contributed by atoms with van der Waals surface area (Å²) in [5.74, 6) is 0.651. The Bertz CT molecular complexity index is 264. The molecular weight excluding hydrogens is 142 g/mol. The molecule has 0 bridgehead atoms. The molecule has 0 spiro atoms. The summed E-state index contributed by atoms with van der Waals surface area (Å²) in [6.45, 7) is -0.0363. The molecule has 1 rings (SSSR count). The van der Waals surface area contributed by atoms with E-state index in [1.54, 1.807) is 18.3 Å². The fourth-order valence-electron chi connectivity index (χ4n) is 0.681. The number of aromatic amines is 1. The van der Waals surface area contributed by atoms with E-state index in [1.807, 2.05) is 0 Å². The molecule has 58 valence electrons. The molecule has 0 atom stereocenters. The number of rotatable bonds is 3. The highest BCUT2D eigenvalue weighted by atomic mass is 16.3. The third kappa shape index (κ3) is 2.01. The molecular formula is C7H9N3O. The van der Waals surface area contributed by atoms with Crippen LogP contribution in [-0.2, 0) is 6.61 Å². The molecule has 0 amide bonds. The van der Waals surface area contributed by atoms with Crippen molar-refractivity contribution in [2.45, 2.75) is 6.61 Å². The second-order valence-electron chi connectivity index (χ2n) is 1.98. The molecule has 4 heteroatoms. The van der Waals surface area contributed by atoms with Crippen LogP contribution in [0.2, 0.25) is 0 Å². The van der Waals surface area contributed by atoms with Gasteiger partial charge >= 0.3 is 0 Å². The number of H-pyrrole nitrogens is 1. The van der Waals surface area contributed by atoms with Crippen LogP contribution in [0.3, 0.4) is 0 Å². The van der Waals surface area contributed by atoms with Gasteiger partial charge in [0.1, 0.15) is 5.82 Å². The van der Waals surface area contributed by atoms with Gasteiger partial charge in [-0.3, -0.25) is 0 Å². The molecule has 11 heavy (non-hydrogen) atoms. The highest BCUT2D eigenvalue weighted by molar-refractivity contribution is 5.74. The lowest BCUT2D eigenvalue weighted by atomic mass is 10.5. The Morgan fingerprint density at radius 2 is 2.55 bits per heavy atom. The Morgan fingerprint density at radius 1 is 1.73 bits per heavy atom. The Balaban J connectivity index is 2.72. The molecule has 0 saturated carbocycles. The second kappa shape index (κ2) is 3.68. The van der Waals surface area contributed by atoms with Gasteiger partial charge in [-0.05, 0) is 12.2 Å². The molecule has 4 nitrogen and oxygen atoms in total. The van der Waals surface area contributed by atoms with E-state index in [1.165, 1.54) is 6.21 Å². The number of hydrogen-bond donors (Lipinski definition) is 3. The van der Waals surface area contributed by atoms with Gasteiger partial charge in [-0.2, -0.15) is 0 Å². The van der Waals surface area contributed by atoms with Crippen LogP contribution in [-0.4, -0.2) is 21.3 Å². The van der Waals surface area contributed by atoms with Gasteiger partial charge in [0.05, 0.1) is 18.5 Å². The average Bonchev–Trinajstić information content (AvgIpc) is 2.48. The van der Waals surface area contributed by atoms with Gasteiger partial charge in [0.15, 0.2) is 0 Å². The quantitative estimate of drug-likeness (QED) is 0.552. The number of aliphatic hydroxyl groups is 1. The predicted octanol–water partition coefficient (Wildman–Crippen LogP) is 0.565. The van der Waals surface area contributed by atoms with Gasteiger partial charge in [-0.15, -0.1) is 0 Å². The molecule has 0 unspecified atom stereocenters. The van der Waals surface area contributed by atoms with E-state index in [4.69, 9.17) is 10.5 Å². The van der Waals surface area contributed by atoms with Crippen molar-refractivity contribution in [1.29, 1.82) is 5.41 Å². The molecule has 0 aliphatic rings. The molecule has 0 aromatic carbocycles. The minimum atomic E-state index is -0.0363. The number of aliphatic hydroxyl groups excluding tert-OH is 1. The average molecular weight is 151 g/mol. The lowest BCUT2D eigenvalue weighted by Crippen LogP contribution is -1.81. The first-order chi connectivity index (χ1) is 5.36. The second-order valence-corrected chi connectivity index (χ2v) is 1.98. The minimum Gasteiger partial charge on any atom is -0.390 e. The molecule has 0 fully saturated rings. The first-order valence-electron chi connectivity index (χ1n) is 3.18. The van der Waals surface area contributed by atoms with Crippen LogP contribution in [0.25, 0.3) is 6.08 Å². The standard InChI is InChI=1S/C7H9N3O/c8-3-1-2-7-9-4-6(5-11)10-7/h1-4,8,11H,5H2,(H,9,10). The largest absolute Gasteiger partial charge is 0.390 e. The Labute approximate surface area is 64.1 Å².